The molecule has 0 N–H and O–H groups in total. The Kier molecular flexibility index (Phi) is 3.61. The van der Waals surface area contributed by atoms with E-state index in [0.29, 0.717) is 5.92 Å². The summed E-state index contributed by atoms with van der Waals surface area (Å²) in [4.78, 5) is 0. The molecule has 0 spiro atoms. The number of hydrogen-bond donors (Lipinski definition) is 0. The summed E-state index contributed by atoms with van der Waals surface area (Å²) in [5.74, 6) is 0.420. The highest BCUT2D eigenvalue weighted by atomic mass is 15.3. The number of aromatic nitrogens is 2. The van der Waals surface area contributed by atoms with Gasteiger partial charge in [0.2, 0.25) is 0 Å². The third-order valence-electron chi connectivity index (χ3n) is 3.76. The van der Waals surface area contributed by atoms with E-state index in [0.717, 1.165) is 5.69 Å². The highest BCUT2D eigenvalue weighted by Gasteiger charge is 2.20. The molecule has 0 aliphatic heterocycles. The zero-order chi connectivity index (χ0) is 14.8. The van der Waals surface area contributed by atoms with Crippen LogP contribution in [0.3, 0.4) is 0 Å². The smallest absolute Gasteiger partial charge is 0.0964 e. The van der Waals surface area contributed by atoms with Gasteiger partial charge in [0.15, 0.2) is 0 Å². The standard InChI is InChI=1S/C19H20N2/c1-14(2)17-18(15-10-6-4-7-11-15)20-21(3)19(17)16-12-8-5-9-13-16/h4-14H,1-3H3. The van der Waals surface area contributed by atoms with Gasteiger partial charge in [0.1, 0.15) is 0 Å². The Labute approximate surface area is 126 Å². The zero-order valence-corrected chi connectivity index (χ0v) is 12.7. The molecule has 2 nitrogen and oxygen atoms in total. The molecule has 3 rings (SSSR count). The molecule has 0 saturated heterocycles. The second kappa shape index (κ2) is 5.57. The van der Waals surface area contributed by atoms with Crippen molar-refractivity contribution >= 4 is 0 Å². The van der Waals surface area contributed by atoms with Crippen molar-refractivity contribution in [3.8, 4) is 22.5 Å². The number of nitrogens with zero attached hydrogens (tertiary/aromatic N) is 2. The molecule has 0 saturated carbocycles. The second-order valence-electron chi connectivity index (χ2n) is 5.62. The maximum absolute atomic E-state index is 4.80. The maximum atomic E-state index is 4.80. The van der Waals surface area contributed by atoms with E-state index in [-0.39, 0.29) is 0 Å². The summed E-state index contributed by atoms with van der Waals surface area (Å²) in [5, 5.41) is 4.80. The van der Waals surface area contributed by atoms with Crippen LogP contribution in [0.15, 0.2) is 60.7 Å². The van der Waals surface area contributed by atoms with Crippen LogP contribution in [-0.2, 0) is 7.05 Å². The fourth-order valence-corrected chi connectivity index (χ4v) is 2.83. The first-order valence-corrected chi connectivity index (χ1v) is 7.36. The Hall–Kier alpha value is -2.35. The van der Waals surface area contributed by atoms with Gasteiger partial charge in [0.25, 0.3) is 0 Å². The van der Waals surface area contributed by atoms with Crippen LogP contribution in [0.25, 0.3) is 22.5 Å². The predicted octanol–water partition coefficient (Wildman–Crippen LogP) is 4.88. The number of benzene rings is 2. The molecule has 0 unspecified atom stereocenters. The minimum Gasteiger partial charge on any atom is -0.267 e. The van der Waals surface area contributed by atoms with E-state index in [1.165, 1.54) is 22.4 Å². The Morgan fingerprint density at radius 2 is 1.33 bits per heavy atom. The summed E-state index contributed by atoms with van der Waals surface area (Å²) in [6.07, 6.45) is 0. The molecule has 2 heteroatoms. The van der Waals surface area contributed by atoms with Gasteiger partial charge in [-0.2, -0.15) is 5.10 Å². The number of aryl methyl sites for hydroxylation is 1. The Balaban J connectivity index is 2.25. The van der Waals surface area contributed by atoms with Crippen LogP contribution in [0.2, 0.25) is 0 Å². The first-order chi connectivity index (χ1) is 10.2. The van der Waals surface area contributed by atoms with Gasteiger partial charge < -0.3 is 0 Å². The van der Waals surface area contributed by atoms with Crippen LogP contribution < -0.4 is 0 Å². The minimum absolute atomic E-state index is 0.420. The molecule has 1 heterocycles. The SMILES string of the molecule is CC(C)c1c(-c2ccccc2)nn(C)c1-c1ccccc1. The summed E-state index contributed by atoms with van der Waals surface area (Å²) in [5.41, 5.74) is 6.02. The van der Waals surface area contributed by atoms with Crippen molar-refractivity contribution < 1.29 is 0 Å². The van der Waals surface area contributed by atoms with E-state index in [9.17, 15) is 0 Å². The lowest BCUT2D eigenvalue weighted by Gasteiger charge is -2.11. The molecule has 0 amide bonds. The number of rotatable bonds is 3. The molecule has 1 aromatic heterocycles. The van der Waals surface area contributed by atoms with Crippen molar-refractivity contribution in [2.24, 2.45) is 7.05 Å². The number of hydrogen-bond acceptors (Lipinski definition) is 1. The van der Waals surface area contributed by atoms with Crippen LogP contribution in [0, 0.1) is 0 Å². The Morgan fingerprint density at radius 3 is 1.86 bits per heavy atom. The van der Waals surface area contributed by atoms with E-state index < -0.39 is 0 Å². The van der Waals surface area contributed by atoms with Gasteiger partial charge in [-0.05, 0) is 5.92 Å². The molecule has 0 aliphatic carbocycles. The third-order valence-corrected chi connectivity index (χ3v) is 3.76. The monoisotopic (exact) mass is 276 g/mol. The van der Waals surface area contributed by atoms with Gasteiger partial charge in [-0.1, -0.05) is 74.5 Å². The molecular weight excluding hydrogens is 256 g/mol. The first kappa shape index (κ1) is 13.6. The Bertz CT molecular complexity index is 725. The van der Waals surface area contributed by atoms with Crippen LogP contribution in [0.1, 0.15) is 25.3 Å². The van der Waals surface area contributed by atoms with Gasteiger partial charge >= 0.3 is 0 Å². The van der Waals surface area contributed by atoms with Crippen molar-refractivity contribution in [1.82, 2.24) is 9.78 Å². The normalized spacial score (nSPS) is 11.0. The van der Waals surface area contributed by atoms with Crippen molar-refractivity contribution in [3.63, 3.8) is 0 Å². The quantitative estimate of drug-likeness (QED) is 0.667. The average molecular weight is 276 g/mol. The van der Waals surface area contributed by atoms with E-state index in [1.54, 1.807) is 0 Å². The lowest BCUT2D eigenvalue weighted by molar-refractivity contribution is 0.776. The molecule has 0 atom stereocenters. The second-order valence-corrected chi connectivity index (χ2v) is 5.62. The fraction of sp³-hybridized carbons (Fsp3) is 0.211. The van der Waals surface area contributed by atoms with E-state index in [1.807, 2.05) is 23.9 Å². The van der Waals surface area contributed by atoms with Gasteiger partial charge in [-0.3, -0.25) is 4.68 Å². The van der Waals surface area contributed by atoms with Crippen molar-refractivity contribution in [3.05, 3.63) is 66.2 Å². The molecule has 0 fully saturated rings. The minimum atomic E-state index is 0.420. The van der Waals surface area contributed by atoms with Crippen molar-refractivity contribution in [2.75, 3.05) is 0 Å². The molecule has 2 aromatic carbocycles. The van der Waals surface area contributed by atoms with E-state index >= 15 is 0 Å². The molecule has 21 heavy (non-hydrogen) atoms. The van der Waals surface area contributed by atoms with Gasteiger partial charge in [-0.15, -0.1) is 0 Å². The van der Waals surface area contributed by atoms with Crippen LogP contribution in [0.5, 0.6) is 0 Å². The molecule has 106 valence electrons. The topological polar surface area (TPSA) is 17.8 Å². The largest absolute Gasteiger partial charge is 0.267 e. The summed E-state index contributed by atoms with van der Waals surface area (Å²) in [7, 11) is 2.03. The summed E-state index contributed by atoms with van der Waals surface area (Å²) >= 11 is 0. The highest BCUT2D eigenvalue weighted by molar-refractivity contribution is 5.75. The van der Waals surface area contributed by atoms with Crippen LogP contribution >= 0.6 is 0 Å². The lowest BCUT2D eigenvalue weighted by Crippen LogP contribution is -1.96. The fourth-order valence-electron chi connectivity index (χ4n) is 2.83. The Morgan fingerprint density at radius 1 is 0.810 bits per heavy atom. The van der Waals surface area contributed by atoms with Crippen molar-refractivity contribution in [1.29, 1.82) is 0 Å². The first-order valence-electron chi connectivity index (χ1n) is 7.36. The summed E-state index contributed by atoms with van der Waals surface area (Å²) < 4.78 is 2.01. The van der Waals surface area contributed by atoms with Crippen molar-refractivity contribution in [2.45, 2.75) is 19.8 Å². The molecule has 0 aliphatic rings. The maximum Gasteiger partial charge on any atom is 0.0964 e. The van der Waals surface area contributed by atoms with Gasteiger partial charge in [-0.25, -0.2) is 0 Å². The highest BCUT2D eigenvalue weighted by Crippen LogP contribution is 2.36. The average Bonchev–Trinajstić information content (AvgIpc) is 2.87. The van der Waals surface area contributed by atoms with E-state index in [4.69, 9.17) is 5.10 Å². The molecular formula is C19H20N2. The van der Waals surface area contributed by atoms with Gasteiger partial charge in [0.05, 0.1) is 11.4 Å². The zero-order valence-electron chi connectivity index (χ0n) is 12.7. The third kappa shape index (κ3) is 2.49. The van der Waals surface area contributed by atoms with Crippen LogP contribution in [0.4, 0.5) is 0 Å². The molecule has 0 bridgehead atoms. The van der Waals surface area contributed by atoms with E-state index in [2.05, 4.69) is 62.4 Å². The molecule has 3 aromatic rings. The van der Waals surface area contributed by atoms with Gasteiger partial charge in [0, 0.05) is 23.7 Å². The predicted molar refractivity (Wildman–Crippen MR) is 88.2 cm³/mol. The molecule has 0 radical (unpaired) electrons. The lowest BCUT2D eigenvalue weighted by atomic mass is 9.94. The summed E-state index contributed by atoms with van der Waals surface area (Å²) in [6, 6.07) is 20.9. The van der Waals surface area contributed by atoms with Crippen LogP contribution in [-0.4, -0.2) is 9.78 Å². The summed E-state index contributed by atoms with van der Waals surface area (Å²) in [6.45, 7) is 4.46.